The molecule has 0 saturated carbocycles. The summed E-state index contributed by atoms with van der Waals surface area (Å²) in [5, 5.41) is 6.89. The zero-order valence-corrected chi connectivity index (χ0v) is 20.6. The summed E-state index contributed by atoms with van der Waals surface area (Å²) in [6.07, 6.45) is 2.22. The van der Waals surface area contributed by atoms with Crippen LogP contribution in [0.4, 0.5) is 15.9 Å². The molecule has 0 bridgehead atoms. The van der Waals surface area contributed by atoms with E-state index in [4.69, 9.17) is 26.2 Å². The molecule has 0 atom stereocenters. The van der Waals surface area contributed by atoms with Gasteiger partial charge in [0.15, 0.2) is 0 Å². The minimum Gasteiger partial charge on any atom is -0.487 e. The van der Waals surface area contributed by atoms with Crippen LogP contribution in [-0.2, 0) is 13.1 Å². The maximum atomic E-state index is 13.6. The molecule has 0 amide bonds. The van der Waals surface area contributed by atoms with E-state index in [2.05, 4.69) is 20.6 Å². The highest BCUT2D eigenvalue weighted by Crippen LogP contribution is 2.32. The van der Waals surface area contributed by atoms with Crippen LogP contribution in [0.15, 0.2) is 83.5 Å². The molecule has 0 aliphatic heterocycles. The number of furan rings is 1. The number of nitrogens with zero attached hydrogens (tertiary/aromatic N) is 2. The van der Waals surface area contributed by atoms with Crippen molar-refractivity contribution >= 4 is 34.0 Å². The van der Waals surface area contributed by atoms with Gasteiger partial charge in [-0.3, -0.25) is 0 Å². The van der Waals surface area contributed by atoms with Crippen molar-refractivity contribution in [3.05, 3.63) is 101 Å². The van der Waals surface area contributed by atoms with E-state index in [1.165, 1.54) is 30.6 Å². The molecule has 0 aliphatic rings. The Labute approximate surface area is 225 Å². The van der Waals surface area contributed by atoms with Crippen LogP contribution in [0.25, 0.3) is 22.2 Å². The number of nitrogens with one attached hydrogen (secondary N) is 2. The van der Waals surface area contributed by atoms with Gasteiger partial charge < -0.3 is 19.8 Å². The van der Waals surface area contributed by atoms with Gasteiger partial charge in [0.1, 0.15) is 41.8 Å². The van der Waals surface area contributed by atoms with Crippen molar-refractivity contribution in [1.82, 2.24) is 15.3 Å². The second kappa shape index (κ2) is 11.4. The highest BCUT2D eigenvalue weighted by Gasteiger charge is 2.11. The summed E-state index contributed by atoms with van der Waals surface area (Å²) >= 11 is 6.43. The Morgan fingerprint density at radius 1 is 1.05 bits per heavy atom. The van der Waals surface area contributed by atoms with Crippen LogP contribution in [0.5, 0.6) is 5.75 Å². The van der Waals surface area contributed by atoms with Crippen LogP contribution in [0, 0.1) is 5.82 Å². The zero-order valence-electron chi connectivity index (χ0n) is 23.9. The first kappa shape index (κ1) is 20.2. The van der Waals surface area contributed by atoms with Gasteiger partial charge >= 0.3 is 0 Å². The first-order valence-electron chi connectivity index (χ1n) is 13.7. The topological polar surface area (TPSA) is 72.2 Å². The third-order valence-electron chi connectivity index (χ3n) is 5.41. The molecule has 188 valence electrons. The Bertz CT molecular complexity index is 1700. The van der Waals surface area contributed by atoms with Gasteiger partial charge in [-0.05, 0) is 79.2 Å². The van der Waals surface area contributed by atoms with Gasteiger partial charge in [0.25, 0.3) is 0 Å². The van der Waals surface area contributed by atoms with E-state index in [-0.39, 0.29) is 22.1 Å². The molecule has 5 aromatic rings. The lowest BCUT2D eigenvalue weighted by Gasteiger charge is -2.12. The molecule has 0 radical (unpaired) electrons. The summed E-state index contributed by atoms with van der Waals surface area (Å²) in [6, 6.07) is 18.7. The van der Waals surface area contributed by atoms with Crippen LogP contribution in [0.2, 0.25) is 5.02 Å². The number of ether oxygens (including phenoxy) is 1. The molecule has 2 N–H and O–H groups in total. The molecule has 5 rings (SSSR count). The predicted molar refractivity (Wildman–Crippen MR) is 145 cm³/mol. The van der Waals surface area contributed by atoms with Crippen molar-refractivity contribution in [1.29, 1.82) is 0 Å². The Hall–Kier alpha value is -3.94. The number of aromatic nitrogens is 2. The van der Waals surface area contributed by atoms with E-state index in [1.54, 1.807) is 24.3 Å². The molecule has 2 heterocycles. The van der Waals surface area contributed by atoms with Gasteiger partial charge in [-0.25, -0.2) is 14.4 Å². The van der Waals surface area contributed by atoms with Crippen molar-refractivity contribution < 1.29 is 19.0 Å². The van der Waals surface area contributed by atoms with Gasteiger partial charge in [0.05, 0.1) is 22.5 Å². The first-order chi connectivity index (χ1) is 19.6. The Kier molecular flexibility index (Phi) is 6.22. The third kappa shape index (κ3) is 6.07. The van der Waals surface area contributed by atoms with E-state index in [9.17, 15) is 4.39 Å². The summed E-state index contributed by atoms with van der Waals surface area (Å²) in [4.78, 5) is 8.72. The lowest BCUT2D eigenvalue weighted by atomic mass is 10.1. The second-order valence-electron chi connectivity index (χ2n) is 8.15. The SMILES string of the molecule is [2H]C([2H])(NCCC)c1ccc(-c2ccc3ncnc(Nc4ccc(OC([2H])([2H])c5cccc(F)c5)c(Cl)c4)c3c2)o1. The number of halogens is 2. The molecule has 6 nitrogen and oxygen atoms in total. The van der Waals surface area contributed by atoms with Crippen LogP contribution in [-0.4, -0.2) is 16.5 Å². The average molecular weight is 521 g/mol. The zero-order chi connectivity index (χ0) is 29.2. The van der Waals surface area contributed by atoms with E-state index < -0.39 is 18.9 Å². The molecule has 0 aliphatic carbocycles. The van der Waals surface area contributed by atoms with Crippen molar-refractivity contribution in [2.24, 2.45) is 0 Å². The minimum atomic E-state index is -2.31. The Morgan fingerprint density at radius 2 is 1.97 bits per heavy atom. The van der Waals surface area contributed by atoms with Gasteiger partial charge in [-0.15, -0.1) is 0 Å². The number of benzene rings is 3. The van der Waals surface area contributed by atoms with Crippen LogP contribution < -0.4 is 15.4 Å². The van der Waals surface area contributed by atoms with Crippen LogP contribution in [0.3, 0.4) is 0 Å². The predicted octanol–water partition coefficient (Wildman–Crippen LogP) is 7.50. The van der Waals surface area contributed by atoms with Crippen molar-refractivity contribution in [3.63, 3.8) is 0 Å². The average Bonchev–Trinajstić information content (AvgIpc) is 3.45. The number of rotatable bonds is 10. The Morgan fingerprint density at radius 3 is 2.81 bits per heavy atom. The maximum Gasteiger partial charge on any atom is 0.141 e. The highest BCUT2D eigenvalue weighted by atomic mass is 35.5. The maximum absolute atomic E-state index is 13.6. The molecule has 0 fully saturated rings. The van der Waals surface area contributed by atoms with E-state index in [0.29, 0.717) is 40.3 Å². The van der Waals surface area contributed by atoms with E-state index >= 15 is 0 Å². The second-order valence-corrected chi connectivity index (χ2v) is 8.56. The fourth-order valence-electron chi connectivity index (χ4n) is 3.61. The molecule has 0 spiro atoms. The van der Waals surface area contributed by atoms with Gasteiger partial charge in [-0.2, -0.15) is 0 Å². The normalized spacial score (nSPS) is 13.5. The largest absolute Gasteiger partial charge is 0.487 e. The van der Waals surface area contributed by atoms with Crippen molar-refractivity contribution in [2.75, 3.05) is 11.9 Å². The van der Waals surface area contributed by atoms with E-state index in [1.807, 2.05) is 25.1 Å². The number of fused-ring (bicyclic) bond motifs is 1. The number of hydrogen-bond acceptors (Lipinski definition) is 6. The number of hydrogen-bond donors (Lipinski definition) is 2. The third-order valence-corrected chi connectivity index (χ3v) is 5.71. The lowest BCUT2D eigenvalue weighted by Crippen LogP contribution is -2.12. The molecule has 0 unspecified atom stereocenters. The van der Waals surface area contributed by atoms with Crippen LogP contribution >= 0.6 is 11.6 Å². The first-order valence-corrected chi connectivity index (χ1v) is 12.1. The molecule has 2 aromatic heterocycles. The number of anilines is 2. The fourth-order valence-corrected chi connectivity index (χ4v) is 3.83. The smallest absolute Gasteiger partial charge is 0.141 e. The summed E-state index contributed by atoms with van der Waals surface area (Å²) < 4.78 is 57.9. The fraction of sp³-hybridized carbons (Fsp3) is 0.172. The van der Waals surface area contributed by atoms with Gasteiger partial charge in [0, 0.05) is 16.6 Å². The lowest BCUT2D eigenvalue weighted by molar-refractivity contribution is 0.306. The van der Waals surface area contributed by atoms with Gasteiger partial charge in [-0.1, -0.05) is 30.7 Å². The highest BCUT2D eigenvalue weighted by molar-refractivity contribution is 6.32. The van der Waals surface area contributed by atoms with Crippen LogP contribution in [0.1, 0.15) is 30.2 Å². The minimum absolute atomic E-state index is 0.0241. The molecule has 3 aromatic carbocycles. The summed E-state index contributed by atoms with van der Waals surface area (Å²) in [5.41, 5.74) is 1.98. The molecular weight excluding hydrogens is 491 g/mol. The molecule has 8 heteroatoms. The monoisotopic (exact) mass is 520 g/mol. The molecule has 0 saturated heterocycles. The standard InChI is InChI=1S/C29H26ClFN4O2/c1-2-12-32-16-23-8-11-27(37-23)20-6-9-26-24(14-20)29(34-18-33-26)35-22-7-10-28(25(30)15-22)36-17-19-4-3-5-21(31)13-19/h3-11,13-15,18,32H,2,12,16-17H2,1H3,(H,33,34,35)/i16D2,17D2. The summed E-state index contributed by atoms with van der Waals surface area (Å²) in [7, 11) is 0. The van der Waals surface area contributed by atoms with Crippen molar-refractivity contribution in [2.45, 2.75) is 26.4 Å². The van der Waals surface area contributed by atoms with Crippen molar-refractivity contribution in [3.8, 4) is 17.1 Å². The summed E-state index contributed by atoms with van der Waals surface area (Å²) in [6.45, 7) is -1.63. The Balaban J connectivity index is 1.39. The quantitative estimate of drug-likeness (QED) is 0.198. The van der Waals surface area contributed by atoms with E-state index in [0.717, 1.165) is 12.5 Å². The molecular formula is C29H26ClFN4O2. The molecule has 37 heavy (non-hydrogen) atoms. The van der Waals surface area contributed by atoms with Gasteiger partial charge in [0.2, 0.25) is 0 Å². The summed E-state index contributed by atoms with van der Waals surface area (Å²) in [5.74, 6) is 0.684.